The minimum Gasteiger partial charge on any atom is -0.460 e. The number of rotatable bonds is 21. The number of carbonyl (C=O) groups is 2. The maximum atomic E-state index is 12.2. The Morgan fingerprint density at radius 3 is 1.59 bits per heavy atom. The summed E-state index contributed by atoms with van der Waals surface area (Å²) < 4.78 is 37.5. The van der Waals surface area contributed by atoms with Crippen LogP contribution in [-0.2, 0) is 38.0 Å². The molecule has 1 N–H and O–H groups in total. The van der Waals surface area contributed by atoms with E-state index in [0.717, 1.165) is 0 Å². The Kier molecular flexibility index (Phi) is 14.9. The van der Waals surface area contributed by atoms with E-state index in [4.69, 9.17) is 33.2 Å². The minimum atomic E-state index is -0.457. The number of amides is 1. The first-order valence-electron chi connectivity index (χ1n) is 13.9. The molecule has 2 aromatic rings. The Hall–Kier alpha value is -3.28. The predicted molar refractivity (Wildman–Crippen MR) is 153 cm³/mol. The molecule has 0 unspecified atom stereocenters. The summed E-state index contributed by atoms with van der Waals surface area (Å²) in [5.74, 6) is -0.380. The second kappa shape index (κ2) is 19.0. The number of benzene rings is 2. The molecular weight excluding hydrogens is 530 g/mol. The van der Waals surface area contributed by atoms with Gasteiger partial charge in [0.25, 0.3) is 0 Å². The van der Waals surface area contributed by atoms with Crippen LogP contribution < -0.4 is 5.32 Å². The van der Waals surface area contributed by atoms with Crippen LogP contribution in [0.25, 0.3) is 11.1 Å². The lowest BCUT2D eigenvalue weighted by atomic mass is 9.98. The van der Waals surface area contributed by atoms with Crippen LogP contribution in [0.1, 0.15) is 24.0 Å². The lowest BCUT2D eigenvalue weighted by Crippen LogP contribution is -2.29. The second-order valence-electron chi connectivity index (χ2n) is 9.23. The van der Waals surface area contributed by atoms with Gasteiger partial charge in [-0.1, -0.05) is 55.1 Å². The summed E-state index contributed by atoms with van der Waals surface area (Å²) in [6.45, 7) is 10.1. The first-order chi connectivity index (χ1) is 20.1. The van der Waals surface area contributed by atoms with E-state index in [1.54, 1.807) is 6.92 Å². The van der Waals surface area contributed by atoms with Crippen LogP contribution in [0.4, 0.5) is 4.79 Å². The highest BCUT2D eigenvalue weighted by Crippen LogP contribution is 2.44. The fourth-order valence-electron chi connectivity index (χ4n) is 4.17. The van der Waals surface area contributed by atoms with Crippen molar-refractivity contribution in [2.75, 3.05) is 85.8 Å². The van der Waals surface area contributed by atoms with Crippen LogP contribution in [0.3, 0.4) is 0 Å². The average molecular weight is 572 g/mol. The van der Waals surface area contributed by atoms with Crippen molar-refractivity contribution in [1.29, 1.82) is 0 Å². The number of alkyl carbamates (subject to hydrolysis) is 1. The molecule has 1 aliphatic rings. The Bertz CT molecular complexity index is 1050. The molecule has 3 rings (SSSR count). The monoisotopic (exact) mass is 571 g/mol. The Balaban J connectivity index is 1.07. The van der Waals surface area contributed by atoms with E-state index in [0.29, 0.717) is 78.2 Å². The van der Waals surface area contributed by atoms with Gasteiger partial charge in [0.05, 0.1) is 66.1 Å². The topological polar surface area (TPSA) is 111 Å². The zero-order valence-corrected chi connectivity index (χ0v) is 23.8. The molecule has 10 nitrogen and oxygen atoms in total. The van der Waals surface area contributed by atoms with Gasteiger partial charge in [0.2, 0.25) is 0 Å². The Morgan fingerprint density at radius 1 is 0.659 bits per heavy atom. The molecule has 10 heteroatoms. The molecule has 0 saturated heterocycles. The average Bonchev–Trinajstić information content (AvgIpc) is 3.30. The van der Waals surface area contributed by atoms with Gasteiger partial charge in [0.15, 0.2) is 0 Å². The summed E-state index contributed by atoms with van der Waals surface area (Å²) in [6, 6.07) is 16.5. The molecule has 0 bridgehead atoms. The van der Waals surface area contributed by atoms with Crippen LogP contribution in [-0.4, -0.2) is 97.9 Å². The number of ether oxygens (including phenoxy) is 7. The van der Waals surface area contributed by atoms with Crippen molar-refractivity contribution < 1.29 is 42.7 Å². The number of hydrogen-bond donors (Lipinski definition) is 1. The molecule has 224 valence electrons. The first-order valence-corrected chi connectivity index (χ1v) is 13.9. The summed E-state index contributed by atoms with van der Waals surface area (Å²) in [6.07, 6.45) is -0.457. The highest BCUT2D eigenvalue weighted by atomic mass is 16.6. The number of nitrogens with one attached hydrogen (secondary N) is 1. The Labute approximate surface area is 241 Å². The van der Waals surface area contributed by atoms with E-state index in [1.165, 1.54) is 22.3 Å². The lowest BCUT2D eigenvalue weighted by Gasteiger charge is -2.14. The molecule has 0 aliphatic heterocycles. The zero-order chi connectivity index (χ0) is 29.1. The van der Waals surface area contributed by atoms with Crippen LogP contribution in [0, 0.1) is 0 Å². The number of carbonyl (C=O) groups excluding carboxylic acids is 2. The molecule has 0 aromatic heterocycles. The lowest BCUT2D eigenvalue weighted by molar-refractivity contribution is -0.140. The molecule has 0 saturated carbocycles. The summed E-state index contributed by atoms with van der Waals surface area (Å²) in [7, 11) is 0. The third-order valence-corrected chi connectivity index (χ3v) is 6.16. The molecular formula is C31H41NO9. The van der Waals surface area contributed by atoms with Crippen molar-refractivity contribution in [2.24, 2.45) is 0 Å². The van der Waals surface area contributed by atoms with Crippen LogP contribution in [0.5, 0.6) is 0 Å². The minimum absolute atomic E-state index is 0.0374. The highest BCUT2D eigenvalue weighted by molar-refractivity contribution is 5.86. The quantitative estimate of drug-likeness (QED) is 0.136. The molecule has 41 heavy (non-hydrogen) atoms. The van der Waals surface area contributed by atoms with Crippen molar-refractivity contribution in [1.82, 2.24) is 5.32 Å². The van der Waals surface area contributed by atoms with Crippen LogP contribution >= 0.6 is 0 Å². The van der Waals surface area contributed by atoms with Gasteiger partial charge in [-0.15, -0.1) is 0 Å². The van der Waals surface area contributed by atoms with E-state index in [9.17, 15) is 9.59 Å². The van der Waals surface area contributed by atoms with Crippen LogP contribution in [0.15, 0.2) is 60.7 Å². The van der Waals surface area contributed by atoms with Gasteiger partial charge in [0, 0.05) is 18.0 Å². The SMILES string of the molecule is C=C(C)C(=O)OCCOCCOCCOCCOCCOCCNC(=O)OCC1c2ccccc2-c2ccccc21. The summed E-state index contributed by atoms with van der Waals surface area (Å²) in [5.41, 5.74) is 5.13. The fourth-order valence-corrected chi connectivity index (χ4v) is 4.17. The molecule has 0 radical (unpaired) electrons. The van der Waals surface area contributed by atoms with Crippen molar-refractivity contribution >= 4 is 12.1 Å². The fraction of sp³-hybridized carbons (Fsp3) is 0.484. The summed E-state index contributed by atoms with van der Waals surface area (Å²) >= 11 is 0. The van der Waals surface area contributed by atoms with Gasteiger partial charge in [-0.2, -0.15) is 0 Å². The van der Waals surface area contributed by atoms with Gasteiger partial charge in [0.1, 0.15) is 13.2 Å². The third-order valence-electron chi connectivity index (χ3n) is 6.16. The van der Waals surface area contributed by atoms with E-state index < -0.39 is 12.1 Å². The van der Waals surface area contributed by atoms with Gasteiger partial charge in [-0.25, -0.2) is 9.59 Å². The largest absolute Gasteiger partial charge is 0.460 e. The maximum absolute atomic E-state index is 12.2. The van der Waals surface area contributed by atoms with Crippen molar-refractivity contribution in [3.05, 3.63) is 71.8 Å². The molecule has 2 aromatic carbocycles. The predicted octanol–water partition coefficient (Wildman–Crippen LogP) is 3.73. The molecule has 1 amide bonds. The van der Waals surface area contributed by atoms with Crippen molar-refractivity contribution in [3.8, 4) is 11.1 Å². The zero-order valence-electron chi connectivity index (χ0n) is 23.8. The van der Waals surface area contributed by atoms with Gasteiger partial charge >= 0.3 is 12.1 Å². The van der Waals surface area contributed by atoms with E-state index in [1.807, 2.05) is 24.3 Å². The standard InChI is InChI=1S/C31H41NO9/c1-24(2)30(33)40-22-21-39-20-19-38-18-17-37-16-15-36-14-13-35-12-11-32-31(34)41-23-29-27-9-5-3-7-25(27)26-8-4-6-10-28(26)29/h3-10,29H,1,11-23H2,2H3,(H,32,34). The van der Waals surface area contributed by atoms with Gasteiger partial charge in [-0.05, 0) is 29.2 Å². The number of fused-ring (bicyclic) bond motifs is 3. The first kappa shape index (κ1) is 32.2. The van der Waals surface area contributed by atoms with Gasteiger partial charge < -0.3 is 38.5 Å². The Morgan fingerprint density at radius 2 is 1.10 bits per heavy atom. The molecule has 1 aliphatic carbocycles. The van der Waals surface area contributed by atoms with E-state index in [2.05, 4.69) is 36.2 Å². The smallest absolute Gasteiger partial charge is 0.407 e. The van der Waals surface area contributed by atoms with Crippen molar-refractivity contribution in [2.45, 2.75) is 12.8 Å². The van der Waals surface area contributed by atoms with Crippen LogP contribution in [0.2, 0.25) is 0 Å². The second-order valence-corrected chi connectivity index (χ2v) is 9.23. The molecule has 0 fully saturated rings. The van der Waals surface area contributed by atoms with E-state index >= 15 is 0 Å². The normalized spacial score (nSPS) is 12.0. The summed E-state index contributed by atoms with van der Waals surface area (Å²) in [5, 5.41) is 2.73. The van der Waals surface area contributed by atoms with Gasteiger partial charge in [-0.3, -0.25) is 0 Å². The number of esters is 1. The van der Waals surface area contributed by atoms with Crippen molar-refractivity contribution in [3.63, 3.8) is 0 Å². The number of hydrogen-bond acceptors (Lipinski definition) is 9. The molecule has 0 heterocycles. The maximum Gasteiger partial charge on any atom is 0.407 e. The third kappa shape index (κ3) is 11.6. The molecule has 0 atom stereocenters. The highest BCUT2D eigenvalue weighted by Gasteiger charge is 2.28. The molecule has 0 spiro atoms. The van der Waals surface area contributed by atoms with E-state index in [-0.39, 0.29) is 19.1 Å². The summed E-state index contributed by atoms with van der Waals surface area (Å²) in [4.78, 5) is 23.4.